The summed E-state index contributed by atoms with van der Waals surface area (Å²) < 4.78 is 7.70. The Labute approximate surface area is 127 Å². The van der Waals surface area contributed by atoms with Crippen LogP contribution in [0.25, 0.3) is 0 Å². The topological polar surface area (TPSA) is 67.4 Å². The Morgan fingerprint density at radius 1 is 1.52 bits per heavy atom. The minimum absolute atomic E-state index is 0.0912. The molecule has 1 atom stereocenters. The van der Waals surface area contributed by atoms with Crippen LogP contribution < -0.4 is 15.8 Å². The highest BCUT2D eigenvalue weighted by molar-refractivity contribution is 7.71. The molecular weight excluding hydrogens is 288 g/mol. The maximum Gasteiger partial charge on any atom is 0.262 e. The highest BCUT2D eigenvalue weighted by atomic mass is 32.1. The molecule has 0 saturated heterocycles. The highest BCUT2D eigenvalue weighted by Gasteiger charge is 2.24. The average molecular weight is 307 g/mol. The largest absolute Gasteiger partial charge is 0.467 e. The maximum absolute atomic E-state index is 12.2. The van der Waals surface area contributed by atoms with Crippen molar-refractivity contribution < 1.29 is 9.32 Å². The summed E-state index contributed by atoms with van der Waals surface area (Å²) in [6, 6.07) is 3.74. The van der Waals surface area contributed by atoms with Gasteiger partial charge in [0.1, 0.15) is 23.7 Å². The molecule has 0 bridgehead atoms. The van der Waals surface area contributed by atoms with Crippen LogP contribution in [0.3, 0.4) is 0 Å². The zero-order valence-corrected chi connectivity index (χ0v) is 12.8. The average Bonchev–Trinajstić information content (AvgIpc) is 2.97. The van der Waals surface area contributed by atoms with Crippen LogP contribution in [0.15, 0.2) is 27.6 Å². The molecule has 2 aromatic rings. The van der Waals surface area contributed by atoms with Gasteiger partial charge in [-0.3, -0.25) is 14.3 Å². The predicted octanol–water partition coefficient (Wildman–Crippen LogP) is 0.725. The van der Waals surface area contributed by atoms with Crippen LogP contribution in [-0.4, -0.2) is 22.8 Å². The monoisotopic (exact) mass is 307 g/mol. The molecule has 1 aliphatic heterocycles. The van der Waals surface area contributed by atoms with E-state index in [1.165, 1.54) is 4.90 Å². The molecule has 1 unspecified atom stereocenters. The fraction of sp³-hybridized carbons (Fsp3) is 0.429. The molecule has 3 rings (SSSR count). The molecule has 6 nitrogen and oxygen atoms in total. The first-order valence-corrected chi connectivity index (χ1v) is 7.55. The van der Waals surface area contributed by atoms with E-state index in [9.17, 15) is 4.79 Å². The first-order chi connectivity index (χ1) is 10.2. The van der Waals surface area contributed by atoms with E-state index in [-0.39, 0.29) is 5.56 Å². The van der Waals surface area contributed by atoms with E-state index in [4.69, 9.17) is 16.6 Å². The molecule has 0 fully saturated rings. The van der Waals surface area contributed by atoms with E-state index >= 15 is 0 Å². The second-order valence-corrected chi connectivity index (χ2v) is 5.67. The first kappa shape index (κ1) is 14.1. The summed E-state index contributed by atoms with van der Waals surface area (Å²) in [5, 5.41) is 3.36. The normalized spacial score (nSPS) is 17.3. The van der Waals surface area contributed by atoms with Gasteiger partial charge in [0.2, 0.25) is 0 Å². The lowest BCUT2D eigenvalue weighted by Crippen LogP contribution is -3.12. The molecule has 0 aromatic carbocycles. The number of anilines is 1. The van der Waals surface area contributed by atoms with Gasteiger partial charge in [-0.05, 0) is 30.8 Å². The number of quaternary nitrogens is 1. The van der Waals surface area contributed by atoms with Crippen molar-refractivity contribution in [2.45, 2.75) is 26.4 Å². The van der Waals surface area contributed by atoms with Crippen LogP contribution in [0.5, 0.6) is 0 Å². The van der Waals surface area contributed by atoms with E-state index in [1.807, 2.05) is 16.7 Å². The number of furan rings is 1. The van der Waals surface area contributed by atoms with Crippen LogP contribution in [-0.2, 0) is 13.1 Å². The predicted molar refractivity (Wildman–Crippen MR) is 82.0 cm³/mol. The van der Waals surface area contributed by atoms with E-state index in [0.29, 0.717) is 11.3 Å². The van der Waals surface area contributed by atoms with Crippen molar-refractivity contribution in [3.05, 3.63) is 44.8 Å². The number of nitrogens with one attached hydrogen (secondary N) is 3. The summed E-state index contributed by atoms with van der Waals surface area (Å²) in [6.07, 6.45) is 2.73. The van der Waals surface area contributed by atoms with E-state index in [1.54, 1.807) is 6.26 Å². The molecular formula is C14H19N4O2S+. The van der Waals surface area contributed by atoms with Crippen molar-refractivity contribution in [3.63, 3.8) is 0 Å². The molecule has 0 amide bonds. The van der Waals surface area contributed by atoms with Gasteiger partial charge in [0.15, 0.2) is 11.4 Å². The SMILES string of the molecule is CCC[NH+]1CNc2c(c(=O)[nH]c(=S)n2Cc2ccco2)C1. The van der Waals surface area contributed by atoms with E-state index in [2.05, 4.69) is 17.2 Å². The van der Waals surface area contributed by atoms with Crippen LogP contribution in [0.2, 0.25) is 0 Å². The van der Waals surface area contributed by atoms with Gasteiger partial charge in [-0.1, -0.05) is 6.92 Å². The van der Waals surface area contributed by atoms with Crippen molar-refractivity contribution in [1.82, 2.24) is 9.55 Å². The minimum atomic E-state index is -0.0912. The van der Waals surface area contributed by atoms with Crippen LogP contribution >= 0.6 is 12.2 Å². The van der Waals surface area contributed by atoms with Gasteiger partial charge in [0, 0.05) is 0 Å². The van der Waals surface area contributed by atoms with Gasteiger partial charge < -0.3 is 14.6 Å². The van der Waals surface area contributed by atoms with Crippen molar-refractivity contribution in [2.75, 3.05) is 18.5 Å². The van der Waals surface area contributed by atoms with Crippen LogP contribution in [0, 0.1) is 4.77 Å². The van der Waals surface area contributed by atoms with Gasteiger partial charge in [0.05, 0.1) is 19.4 Å². The second kappa shape index (κ2) is 5.87. The number of nitrogens with zero attached hydrogens (tertiary/aromatic N) is 1. The molecule has 3 N–H and O–H groups in total. The van der Waals surface area contributed by atoms with Crippen molar-refractivity contribution in [2.24, 2.45) is 0 Å². The number of H-pyrrole nitrogens is 1. The van der Waals surface area contributed by atoms with E-state index in [0.717, 1.165) is 43.3 Å². The lowest BCUT2D eigenvalue weighted by atomic mass is 10.2. The summed E-state index contributed by atoms with van der Waals surface area (Å²) in [4.78, 5) is 16.3. The summed E-state index contributed by atoms with van der Waals surface area (Å²) >= 11 is 5.30. The van der Waals surface area contributed by atoms with Crippen molar-refractivity contribution >= 4 is 18.0 Å². The van der Waals surface area contributed by atoms with Crippen LogP contribution in [0.1, 0.15) is 24.7 Å². The number of aromatic nitrogens is 2. The van der Waals surface area contributed by atoms with Crippen molar-refractivity contribution in [3.8, 4) is 0 Å². The number of hydrogen-bond donors (Lipinski definition) is 3. The highest BCUT2D eigenvalue weighted by Crippen LogP contribution is 2.15. The quantitative estimate of drug-likeness (QED) is 0.728. The smallest absolute Gasteiger partial charge is 0.262 e. The Morgan fingerprint density at radius 3 is 3.10 bits per heavy atom. The standard InChI is InChI=1S/C14H18N4O2S/c1-2-5-17-8-11-12(15-9-17)18(14(21)16-13(11)19)7-10-4-3-6-20-10/h3-4,6,15H,2,5,7-9H2,1H3,(H,16,19,21)/p+1. The lowest BCUT2D eigenvalue weighted by Gasteiger charge is -2.28. The molecule has 0 saturated carbocycles. The molecule has 112 valence electrons. The van der Waals surface area contributed by atoms with E-state index < -0.39 is 0 Å². The molecule has 1 aliphatic rings. The van der Waals surface area contributed by atoms with Gasteiger partial charge in [-0.25, -0.2) is 0 Å². The van der Waals surface area contributed by atoms with Gasteiger partial charge in [-0.2, -0.15) is 0 Å². The molecule has 7 heteroatoms. The Morgan fingerprint density at radius 2 is 2.38 bits per heavy atom. The summed E-state index contributed by atoms with van der Waals surface area (Å²) in [7, 11) is 0. The Hall–Kier alpha value is -1.86. The first-order valence-electron chi connectivity index (χ1n) is 7.15. The third-order valence-electron chi connectivity index (χ3n) is 3.73. The Balaban J connectivity index is 2.00. The zero-order chi connectivity index (χ0) is 14.8. The molecule has 3 heterocycles. The molecule has 21 heavy (non-hydrogen) atoms. The number of rotatable bonds is 4. The number of hydrogen-bond acceptors (Lipinski definition) is 4. The van der Waals surface area contributed by atoms with Gasteiger partial charge >= 0.3 is 0 Å². The van der Waals surface area contributed by atoms with Crippen molar-refractivity contribution in [1.29, 1.82) is 0 Å². The molecule has 0 radical (unpaired) electrons. The van der Waals surface area contributed by atoms with Crippen LogP contribution in [0.4, 0.5) is 5.82 Å². The minimum Gasteiger partial charge on any atom is -0.467 e. The molecule has 0 spiro atoms. The fourth-order valence-electron chi connectivity index (χ4n) is 2.74. The maximum atomic E-state index is 12.2. The Kier molecular flexibility index (Phi) is 3.94. The third kappa shape index (κ3) is 2.79. The summed E-state index contributed by atoms with van der Waals surface area (Å²) in [6.45, 7) is 5.23. The van der Waals surface area contributed by atoms with Gasteiger partial charge in [0.25, 0.3) is 5.56 Å². The fourth-order valence-corrected chi connectivity index (χ4v) is 2.99. The molecule has 0 aliphatic carbocycles. The number of aromatic amines is 1. The lowest BCUT2D eigenvalue weighted by molar-refractivity contribution is -0.912. The summed E-state index contributed by atoms with van der Waals surface area (Å²) in [5.41, 5.74) is 0.677. The van der Waals surface area contributed by atoms with Gasteiger partial charge in [-0.15, -0.1) is 0 Å². The second-order valence-electron chi connectivity index (χ2n) is 5.28. The Bertz CT molecular complexity index is 732. The number of fused-ring (bicyclic) bond motifs is 1. The molecule has 2 aromatic heterocycles. The zero-order valence-electron chi connectivity index (χ0n) is 11.9. The summed E-state index contributed by atoms with van der Waals surface area (Å²) in [5.74, 6) is 1.63. The third-order valence-corrected chi connectivity index (χ3v) is 4.05.